The lowest BCUT2D eigenvalue weighted by atomic mass is 10.2. The van der Waals surface area contributed by atoms with Crippen LogP contribution in [0, 0.1) is 0 Å². The highest BCUT2D eigenvalue weighted by Gasteiger charge is 2.19. The molecule has 0 saturated heterocycles. The molecule has 0 aliphatic rings. The van der Waals surface area contributed by atoms with E-state index in [9.17, 15) is 4.79 Å². The molecule has 0 N–H and O–H groups in total. The van der Waals surface area contributed by atoms with Crippen molar-refractivity contribution in [1.82, 2.24) is 9.88 Å². The maximum atomic E-state index is 11.3. The number of esters is 1. The second-order valence-corrected chi connectivity index (χ2v) is 4.98. The van der Waals surface area contributed by atoms with Gasteiger partial charge in [0.2, 0.25) is 5.76 Å². The van der Waals surface area contributed by atoms with Gasteiger partial charge in [-0.15, -0.1) is 11.3 Å². The normalized spacial score (nSPS) is 12.6. The monoisotopic (exact) mass is 280 g/mol. The van der Waals surface area contributed by atoms with E-state index >= 15 is 0 Å². The predicted octanol–water partition coefficient (Wildman–Crippen LogP) is 2.72. The summed E-state index contributed by atoms with van der Waals surface area (Å²) in [6, 6.07) is 3.49. The highest BCUT2D eigenvalue weighted by molar-refractivity contribution is 7.07. The molecule has 0 amide bonds. The molecular formula is C13H16N2O3S. The Balaban J connectivity index is 2.04. The highest BCUT2D eigenvalue weighted by atomic mass is 32.1. The Labute approximate surface area is 115 Å². The van der Waals surface area contributed by atoms with Crippen molar-refractivity contribution >= 4 is 17.3 Å². The van der Waals surface area contributed by atoms with Crippen LogP contribution < -0.4 is 0 Å². The van der Waals surface area contributed by atoms with Gasteiger partial charge >= 0.3 is 5.97 Å². The SMILES string of the molecule is COC(=O)c1ccc(C(C)N(C)Cc2cscn2)o1. The molecule has 0 saturated carbocycles. The lowest BCUT2D eigenvalue weighted by Gasteiger charge is -2.21. The molecule has 102 valence electrons. The molecule has 2 heterocycles. The van der Waals surface area contributed by atoms with E-state index in [0.29, 0.717) is 0 Å². The minimum absolute atomic E-state index is 0.0557. The first-order valence-electron chi connectivity index (χ1n) is 5.87. The first-order valence-corrected chi connectivity index (χ1v) is 6.81. The van der Waals surface area contributed by atoms with E-state index < -0.39 is 5.97 Å². The van der Waals surface area contributed by atoms with Gasteiger partial charge < -0.3 is 9.15 Å². The fraction of sp³-hybridized carbons (Fsp3) is 0.385. The summed E-state index contributed by atoms with van der Waals surface area (Å²) in [7, 11) is 3.33. The lowest BCUT2D eigenvalue weighted by molar-refractivity contribution is 0.0559. The summed E-state index contributed by atoms with van der Waals surface area (Å²) in [5.41, 5.74) is 2.84. The van der Waals surface area contributed by atoms with Gasteiger partial charge in [-0.2, -0.15) is 0 Å². The predicted molar refractivity (Wildman–Crippen MR) is 72.0 cm³/mol. The third-order valence-electron chi connectivity index (χ3n) is 2.98. The summed E-state index contributed by atoms with van der Waals surface area (Å²) < 4.78 is 10.1. The number of hydrogen-bond donors (Lipinski definition) is 0. The van der Waals surface area contributed by atoms with E-state index in [2.05, 4.69) is 14.6 Å². The zero-order valence-electron chi connectivity index (χ0n) is 11.1. The number of nitrogens with zero attached hydrogens (tertiary/aromatic N) is 2. The van der Waals surface area contributed by atoms with Crippen molar-refractivity contribution in [3.05, 3.63) is 40.2 Å². The Hall–Kier alpha value is -1.66. The Kier molecular flexibility index (Phi) is 4.34. The van der Waals surface area contributed by atoms with E-state index in [1.165, 1.54) is 7.11 Å². The van der Waals surface area contributed by atoms with Gasteiger partial charge in [-0.3, -0.25) is 4.90 Å². The molecule has 1 unspecified atom stereocenters. The average Bonchev–Trinajstić information content (AvgIpc) is 3.07. The summed E-state index contributed by atoms with van der Waals surface area (Å²) in [6.45, 7) is 2.76. The molecule has 0 spiro atoms. The van der Waals surface area contributed by atoms with Crippen molar-refractivity contribution in [3.63, 3.8) is 0 Å². The number of hydrogen-bond acceptors (Lipinski definition) is 6. The molecule has 2 aromatic heterocycles. The van der Waals surface area contributed by atoms with Crippen LogP contribution in [0.5, 0.6) is 0 Å². The molecule has 2 aromatic rings. The summed E-state index contributed by atoms with van der Waals surface area (Å²) in [4.78, 5) is 17.7. The van der Waals surface area contributed by atoms with E-state index in [1.807, 2.05) is 24.9 Å². The van der Waals surface area contributed by atoms with Gasteiger partial charge in [0.05, 0.1) is 24.4 Å². The van der Waals surface area contributed by atoms with Gasteiger partial charge in [0, 0.05) is 11.9 Å². The number of methoxy groups -OCH3 is 1. The maximum absolute atomic E-state index is 11.3. The van der Waals surface area contributed by atoms with Crippen molar-refractivity contribution < 1.29 is 13.9 Å². The number of ether oxygens (including phenoxy) is 1. The largest absolute Gasteiger partial charge is 0.463 e. The molecule has 2 rings (SSSR count). The maximum Gasteiger partial charge on any atom is 0.373 e. The number of carbonyl (C=O) groups excluding carboxylic acids is 1. The first kappa shape index (κ1) is 13.8. The average molecular weight is 280 g/mol. The van der Waals surface area contributed by atoms with Crippen molar-refractivity contribution in [2.24, 2.45) is 0 Å². The van der Waals surface area contributed by atoms with Crippen molar-refractivity contribution in [2.75, 3.05) is 14.2 Å². The standard InChI is InChI=1S/C13H16N2O3S/c1-9(15(2)6-10-7-19-8-14-10)11-4-5-12(18-11)13(16)17-3/h4-5,7-9H,6H2,1-3H3. The van der Waals surface area contributed by atoms with Crippen LogP contribution in [0.15, 0.2) is 27.4 Å². The molecule has 19 heavy (non-hydrogen) atoms. The molecule has 0 fully saturated rings. The number of carbonyl (C=O) groups is 1. The zero-order valence-corrected chi connectivity index (χ0v) is 11.9. The summed E-state index contributed by atoms with van der Waals surface area (Å²) in [6.07, 6.45) is 0. The summed E-state index contributed by atoms with van der Waals surface area (Å²) in [5.74, 6) is 0.505. The fourth-order valence-corrected chi connectivity index (χ4v) is 2.26. The van der Waals surface area contributed by atoms with E-state index in [1.54, 1.807) is 23.5 Å². The van der Waals surface area contributed by atoms with Gasteiger partial charge in [0.15, 0.2) is 0 Å². The molecule has 0 radical (unpaired) electrons. The van der Waals surface area contributed by atoms with Crippen LogP contribution in [0.2, 0.25) is 0 Å². The molecule has 5 nitrogen and oxygen atoms in total. The third-order valence-corrected chi connectivity index (χ3v) is 3.62. The van der Waals surface area contributed by atoms with Crippen molar-refractivity contribution in [2.45, 2.75) is 19.5 Å². The van der Waals surface area contributed by atoms with Crippen LogP contribution in [-0.2, 0) is 11.3 Å². The van der Waals surface area contributed by atoms with Crippen molar-refractivity contribution in [1.29, 1.82) is 0 Å². The second-order valence-electron chi connectivity index (χ2n) is 4.26. The van der Waals surface area contributed by atoms with E-state index in [4.69, 9.17) is 4.42 Å². The van der Waals surface area contributed by atoms with Crippen LogP contribution in [0.3, 0.4) is 0 Å². The molecular weight excluding hydrogens is 264 g/mol. The Morgan fingerprint density at radius 3 is 3.00 bits per heavy atom. The molecule has 1 atom stereocenters. The van der Waals surface area contributed by atoms with E-state index in [-0.39, 0.29) is 11.8 Å². The van der Waals surface area contributed by atoms with Crippen molar-refractivity contribution in [3.8, 4) is 0 Å². The Morgan fingerprint density at radius 1 is 1.58 bits per heavy atom. The third kappa shape index (κ3) is 3.21. The number of thiazole rings is 1. The Morgan fingerprint density at radius 2 is 2.37 bits per heavy atom. The second kappa shape index (κ2) is 5.99. The van der Waals surface area contributed by atoms with E-state index in [0.717, 1.165) is 18.0 Å². The molecule has 0 aliphatic carbocycles. The minimum atomic E-state index is -0.458. The van der Waals surface area contributed by atoms with Gasteiger partial charge in [0.25, 0.3) is 0 Å². The number of rotatable bonds is 5. The van der Waals surface area contributed by atoms with Gasteiger partial charge in [-0.25, -0.2) is 9.78 Å². The van der Waals surface area contributed by atoms with Crippen LogP contribution >= 0.6 is 11.3 Å². The van der Waals surface area contributed by atoms with Gasteiger partial charge in [0.1, 0.15) is 5.76 Å². The fourth-order valence-electron chi connectivity index (χ4n) is 1.71. The molecule has 0 aromatic carbocycles. The van der Waals surface area contributed by atoms with Crippen LogP contribution in [0.1, 0.15) is 35.0 Å². The smallest absolute Gasteiger partial charge is 0.373 e. The van der Waals surface area contributed by atoms with Crippen LogP contribution in [-0.4, -0.2) is 30.0 Å². The topological polar surface area (TPSA) is 55.6 Å². The quantitative estimate of drug-likeness (QED) is 0.788. The Bertz CT molecular complexity index is 536. The molecule has 0 aliphatic heterocycles. The highest BCUT2D eigenvalue weighted by Crippen LogP contribution is 2.23. The van der Waals surface area contributed by atoms with Gasteiger partial charge in [-0.05, 0) is 26.1 Å². The zero-order chi connectivity index (χ0) is 13.8. The summed E-state index contributed by atoms with van der Waals surface area (Å²) in [5, 5.41) is 2.02. The lowest BCUT2D eigenvalue weighted by Crippen LogP contribution is -2.21. The molecule has 6 heteroatoms. The number of furan rings is 1. The number of aromatic nitrogens is 1. The van der Waals surface area contributed by atoms with Gasteiger partial charge in [-0.1, -0.05) is 0 Å². The minimum Gasteiger partial charge on any atom is -0.463 e. The first-order chi connectivity index (χ1) is 9.11. The van der Waals surface area contributed by atoms with Crippen LogP contribution in [0.4, 0.5) is 0 Å². The van der Waals surface area contributed by atoms with Crippen LogP contribution in [0.25, 0.3) is 0 Å². The molecule has 0 bridgehead atoms. The summed E-state index contributed by atoms with van der Waals surface area (Å²) >= 11 is 1.58.